The summed E-state index contributed by atoms with van der Waals surface area (Å²) < 4.78 is 15.4. The topological polar surface area (TPSA) is 85.2 Å². The van der Waals surface area contributed by atoms with Gasteiger partial charge in [0, 0.05) is 20.3 Å². The zero-order chi connectivity index (χ0) is 28.6. The quantitative estimate of drug-likeness (QED) is 0.221. The first-order chi connectivity index (χ1) is 18.5. The van der Waals surface area contributed by atoms with Crippen molar-refractivity contribution in [3.05, 3.63) is 55.7 Å². The summed E-state index contributed by atoms with van der Waals surface area (Å²) in [4.78, 5) is 13.6. The maximum absolute atomic E-state index is 11.8. The van der Waals surface area contributed by atoms with E-state index in [0.717, 1.165) is 37.7 Å². The third kappa shape index (κ3) is 10.2. The second-order valence-electron chi connectivity index (χ2n) is 10.5. The van der Waals surface area contributed by atoms with Crippen molar-refractivity contribution >= 4 is 52.1 Å². The highest BCUT2D eigenvalue weighted by molar-refractivity contribution is 7.13. The number of thiophene rings is 1. The van der Waals surface area contributed by atoms with Crippen molar-refractivity contribution in [1.29, 1.82) is 0 Å². The predicted molar refractivity (Wildman–Crippen MR) is 157 cm³/mol. The molecule has 5 atom stereocenters. The first-order valence-corrected chi connectivity index (χ1v) is 15.5. The van der Waals surface area contributed by atoms with Crippen LogP contribution >= 0.6 is 46.1 Å². The monoisotopic (exact) mass is 620 g/mol. The number of aliphatic hydroxyl groups excluding tert-OH is 2. The van der Waals surface area contributed by atoms with Crippen molar-refractivity contribution in [2.45, 2.75) is 82.7 Å². The molecule has 1 aromatic carbocycles. The van der Waals surface area contributed by atoms with Gasteiger partial charge in [0.1, 0.15) is 11.0 Å². The molecule has 1 saturated carbocycles. The minimum Gasteiger partial charge on any atom is -0.462 e. The van der Waals surface area contributed by atoms with E-state index >= 15 is 0 Å². The summed E-state index contributed by atoms with van der Waals surface area (Å²) in [6.07, 6.45) is 4.65. The van der Waals surface area contributed by atoms with Gasteiger partial charge < -0.3 is 24.4 Å². The van der Waals surface area contributed by atoms with E-state index in [9.17, 15) is 9.90 Å². The Morgan fingerprint density at radius 1 is 1.13 bits per heavy atom. The Morgan fingerprint density at radius 2 is 1.85 bits per heavy atom. The molecule has 2 aliphatic rings. The molecule has 4 rings (SSSR count). The van der Waals surface area contributed by atoms with E-state index in [2.05, 4.69) is 0 Å². The fourth-order valence-electron chi connectivity index (χ4n) is 5.21. The molecule has 10 heteroatoms. The highest BCUT2D eigenvalue weighted by Gasteiger charge is 2.40. The van der Waals surface area contributed by atoms with Crippen LogP contribution in [0.15, 0.2) is 30.3 Å². The maximum Gasteiger partial charge on any atom is 0.348 e. The van der Waals surface area contributed by atoms with Crippen molar-refractivity contribution in [2.24, 2.45) is 11.8 Å². The van der Waals surface area contributed by atoms with E-state index in [-0.39, 0.29) is 42.0 Å². The van der Waals surface area contributed by atoms with Gasteiger partial charge in [0.15, 0.2) is 5.79 Å². The minimum absolute atomic E-state index is 0.00798. The van der Waals surface area contributed by atoms with Gasteiger partial charge >= 0.3 is 5.97 Å². The van der Waals surface area contributed by atoms with Gasteiger partial charge in [-0.2, -0.15) is 0 Å². The Morgan fingerprint density at radius 3 is 2.44 bits per heavy atom. The molecule has 1 aromatic heterocycles. The van der Waals surface area contributed by atoms with Crippen LogP contribution in [0, 0.1) is 11.8 Å². The lowest BCUT2D eigenvalue weighted by atomic mass is 9.85. The molecular weight excluding hydrogens is 583 g/mol. The number of rotatable bonds is 10. The van der Waals surface area contributed by atoms with E-state index in [1.165, 1.54) is 16.2 Å². The highest BCUT2D eigenvalue weighted by Crippen LogP contribution is 2.42. The summed E-state index contributed by atoms with van der Waals surface area (Å²) in [6, 6.07) is 9.42. The molecule has 0 radical (unpaired) electrons. The average molecular weight is 622 g/mol. The van der Waals surface area contributed by atoms with E-state index in [1.807, 2.05) is 45.0 Å². The van der Waals surface area contributed by atoms with E-state index in [0.29, 0.717) is 34.6 Å². The van der Waals surface area contributed by atoms with E-state index in [1.54, 1.807) is 6.07 Å². The highest BCUT2D eigenvalue weighted by atomic mass is 35.5. The Balaban J connectivity index is 0.000000395. The van der Waals surface area contributed by atoms with Crippen LogP contribution in [0.25, 0.3) is 0 Å². The number of benzene rings is 1. The van der Waals surface area contributed by atoms with Gasteiger partial charge in [-0.25, -0.2) is 4.79 Å². The molecule has 0 unspecified atom stereocenters. The van der Waals surface area contributed by atoms with Crippen LogP contribution in [0.1, 0.15) is 66.6 Å². The van der Waals surface area contributed by atoms with Gasteiger partial charge in [-0.1, -0.05) is 23.2 Å². The van der Waals surface area contributed by atoms with Crippen LogP contribution in [-0.4, -0.2) is 59.4 Å². The third-order valence-electron chi connectivity index (χ3n) is 7.03. The number of carbonyl (C=O) groups is 1. The van der Waals surface area contributed by atoms with Crippen LogP contribution in [0.3, 0.4) is 0 Å². The number of carbonyl (C=O) groups excluding carboxylic acids is 1. The molecule has 1 aliphatic carbocycles. The first kappa shape index (κ1) is 32.6. The number of halogens is 3. The number of hydrogen-bond donors (Lipinski definition) is 2. The fraction of sp³-hybridized carbons (Fsp3) is 0.621. The lowest BCUT2D eigenvalue weighted by Gasteiger charge is -2.23. The molecule has 39 heavy (non-hydrogen) atoms. The van der Waals surface area contributed by atoms with Gasteiger partial charge in [0.2, 0.25) is 0 Å². The van der Waals surface area contributed by atoms with Gasteiger partial charge in [-0.15, -0.1) is 22.9 Å². The number of aliphatic hydroxyl groups is 2. The van der Waals surface area contributed by atoms with Gasteiger partial charge in [0.25, 0.3) is 0 Å². The molecule has 6 nitrogen and oxygen atoms in total. The van der Waals surface area contributed by atoms with Crippen LogP contribution < -0.4 is 0 Å². The van der Waals surface area contributed by atoms with Crippen LogP contribution in [0.4, 0.5) is 0 Å². The van der Waals surface area contributed by atoms with Gasteiger partial charge in [-0.3, -0.25) is 0 Å². The fourth-order valence-corrected chi connectivity index (χ4v) is 7.22. The first-order valence-electron chi connectivity index (χ1n) is 13.5. The Labute approximate surface area is 250 Å². The molecule has 2 N–H and O–H groups in total. The van der Waals surface area contributed by atoms with E-state index in [4.69, 9.17) is 54.1 Å². The summed E-state index contributed by atoms with van der Waals surface area (Å²) >= 11 is 20.3. The number of ether oxygens (including phenoxy) is 3. The molecule has 0 bridgehead atoms. The van der Waals surface area contributed by atoms with Crippen molar-refractivity contribution in [2.75, 3.05) is 19.8 Å². The largest absolute Gasteiger partial charge is 0.462 e. The SMILES string of the molecule is CC1(C)OC[C@@H](CO)O1.CCOC(=O)c1ccc(CCC[C@@H]2[C@@H](CCc3cc(Cl)cc(Cl)c3)[C@H](O)C[C@H]2Cl)s1. The summed E-state index contributed by atoms with van der Waals surface area (Å²) in [5, 5.41) is 20.4. The lowest BCUT2D eigenvalue weighted by molar-refractivity contribution is -0.142. The minimum atomic E-state index is -0.493. The van der Waals surface area contributed by atoms with Gasteiger partial charge in [-0.05, 0) is 107 Å². The van der Waals surface area contributed by atoms with Crippen molar-refractivity contribution in [3.8, 4) is 0 Å². The Bertz CT molecular complexity index is 1040. The summed E-state index contributed by atoms with van der Waals surface area (Å²) in [6.45, 7) is 6.41. The van der Waals surface area contributed by atoms with Crippen LogP contribution in [0.5, 0.6) is 0 Å². The number of aryl methyl sites for hydroxylation is 2. The molecule has 1 aliphatic heterocycles. The maximum atomic E-state index is 11.8. The zero-order valence-electron chi connectivity index (χ0n) is 22.7. The van der Waals surface area contributed by atoms with Gasteiger partial charge in [0.05, 0.1) is 25.9 Å². The van der Waals surface area contributed by atoms with Crippen LogP contribution in [-0.2, 0) is 27.1 Å². The third-order valence-corrected chi connectivity index (χ3v) is 9.10. The zero-order valence-corrected chi connectivity index (χ0v) is 25.8. The molecule has 2 heterocycles. The van der Waals surface area contributed by atoms with E-state index < -0.39 is 5.79 Å². The summed E-state index contributed by atoms with van der Waals surface area (Å²) in [5.41, 5.74) is 1.08. The molecule has 0 spiro atoms. The lowest BCUT2D eigenvalue weighted by Crippen LogP contribution is -2.22. The standard InChI is InChI=1S/C23H27Cl3O3S.C6H12O3/c1-2-29-23(28)22-9-7-17(30-22)4-3-5-18-19(21(27)13-20(18)26)8-6-14-10-15(24)12-16(25)11-14;1-6(2)8-4-5(3-7)9-6/h7,9-12,18-21,27H,2-6,8,13H2,1H3;5,7H,3-4H2,1-2H3/t18-,19-,20-,21-;5-/m11/s1. The molecule has 0 amide bonds. The van der Waals surface area contributed by atoms with Crippen molar-refractivity contribution in [1.82, 2.24) is 0 Å². The Hall–Kier alpha value is -0.900. The molecule has 2 fully saturated rings. The second-order valence-corrected chi connectivity index (χ2v) is 13.1. The van der Waals surface area contributed by atoms with Crippen molar-refractivity contribution in [3.63, 3.8) is 0 Å². The number of hydrogen-bond acceptors (Lipinski definition) is 7. The molecule has 1 saturated heterocycles. The molecule has 218 valence electrons. The predicted octanol–water partition coefficient (Wildman–Crippen LogP) is 6.92. The van der Waals surface area contributed by atoms with Crippen molar-refractivity contribution < 1.29 is 29.2 Å². The summed E-state index contributed by atoms with van der Waals surface area (Å²) in [7, 11) is 0. The smallest absolute Gasteiger partial charge is 0.348 e. The number of esters is 1. The Kier molecular flexibility index (Phi) is 12.8. The molecular formula is C29H39Cl3O6S. The molecule has 2 aromatic rings. The normalized spacial score (nSPS) is 25.8. The van der Waals surface area contributed by atoms with Crippen LogP contribution in [0.2, 0.25) is 10.0 Å². The number of alkyl halides is 1. The average Bonchev–Trinajstić information content (AvgIpc) is 3.55. The summed E-state index contributed by atoms with van der Waals surface area (Å²) in [5.74, 6) is -0.299. The second kappa shape index (κ2) is 15.4.